The van der Waals surface area contributed by atoms with Crippen LogP contribution in [0.15, 0.2) is 53.0 Å². The van der Waals surface area contributed by atoms with E-state index in [0.29, 0.717) is 18.0 Å². The maximum absolute atomic E-state index is 3.78. The quantitative estimate of drug-likeness (QED) is 0.783. The standard InChI is InChI=1S/C20H25BrN2/c1-14-11-20(19-12-16(21)9-10-18(14)19)22-13-15(2)23(3)17-7-5-4-6-8-17/h4-10,12,14-15,20,22H,11,13H2,1-3H3. The predicted octanol–water partition coefficient (Wildman–Crippen LogP) is 5.11. The second kappa shape index (κ2) is 7.06. The van der Waals surface area contributed by atoms with Crippen LogP contribution in [0.1, 0.15) is 43.4 Å². The van der Waals surface area contributed by atoms with Gasteiger partial charge in [0.05, 0.1) is 0 Å². The molecule has 0 saturated carbocycles. The SMILES string of the molecule is CC1CC(NCC(C)N(C)c2ccccc2)c2cc(Br)ccc21. The summed E-state index contributed by atoms with van der Waals surface area (Å²) in [6, 6.07) is 18.2. The first kappa shape index (κ1) is 16.5. The molecule has 0 amide bonds. The van der Waals surface area contributed by atoms with Crippen LogP contribution in [0.5, 0.6) is 0 Å². The van der Waals surface area contributed by atoms with Gasteiger partial charge in [-0.1, -0.05) is 47.1 Å². The highest BCUT2D eigenvalue weighted by molar-refractivity contribution is 9.10. The molecule has 0 saturated heterocycles. The van der Waals surface area contributed by atoms with Gasteiger partial charge in [-0.3, -0.25) is 0 Å². The lowest BCUT2D eigenvalue weighted by Crippen LogP contribution is -2.39. The van der Waals surface area contributed by atoms with E-state index in [2.05, 4.69) is 95.6 Å². The average Bonchev–Trinajstić information content (AvgIpc) is 2.88. The van der Waals surface area contributed by atoms with Crippen molar-refractivity contribution >= 4 is 21.6 Å². The lowest BCUT2D eigenvalue weighted by atomic mass is 10.0. The van der Waals surface area contributed by atoms with Crippen LogP contribution in [0.25, 0.3) is 0 Å². The normalized spacial score (nSPS) is 21.0. The second-order valence-corrected chi connectivity index (χ2v) is 7.58. The third-order valence-corrected chi connectivity index (χ3v) is 5.52. The summed E-state index contributed by atoms with van der Waals surface area (Å²) < 4.78 is 1.17. The van der Waals surface area contributed by atoms with Gasteiger partial charge in [0.15, 0.2) is 0 Å². The molecule has 0 aromatic heterocycles. The van der Waals surface area contributed by atoms with Crippen LogP contribution in [0, 0.1) is 0 Å². The van der Waals surface area contributed by atoms with Crippen LogP contribution < -0.4 is 10.2 Å². The van der Waals surface area contributed by atoms with E-state index < -0.39 is 0 Å². The van der Waals surface area contributed by atoms with Gasteiger partial charge in [0.1, 0.15) is 0 Å². The number of fused-ring (bicyclic) bond motifs is 1. The largest absolute Gasteiger partial charge is 0.371 e. The zero-order valence-electron chi connectivity index (χ0n) is 14.1. The summed E-state index contributed by atoms with van der Waals surface area (Å²) >= 11 is 3.61. The van der Waals surface area contributed by atoms with Crippen molar-refractivity contribution in [1.82, 2.24) is 5.32 Å². The Bertz CT molecular complexity index is 656. The highest BCUT2D eigenvalue weighted by Gasteiger charge is 2.28. The Labute approximate surface area is 148 Å². The first-order valence-electron chi connectivity index (χ1n) is 8.37. The fourth-order valence-electron chi connectivity index (χ4n) is 3.46. The van der Waals surface area contributed by atoms with Crippen LogP contribution in [0.3, 0.4) is 0 Å². The van der Waals surface area contributed by atoms with Gasteiger partial charge in [-0.2, -0.15) is 0 Å². The van der Waals surface area contributed by atoms with Gasteiger partial charge in [-0.25, -0.2) is 0 Å². The molecular formula is C20H25BrN2. The zero-order valence-corrected chi connectivity index (χ0v) is 15.7. The van der Waals surface area contributed by atoms with Crippen molar-refractivity contribution < 1.29 is 0 Å². The maximum atomic E-state index is 3.78. The maximum Gasteiger partial charge on any atom is 0.0383 e. The number of nitrogens with one attached hydrogen (secondary N) is 1. The number of hydrogen-bond acceptors (Lipinski definition) is 2. The monoisotopic (exact) mass is 372 g/mol. The van der Waals surface area contributed by atoms with E-state index in [1.54, 1.807) is 0 Å². The molecule has 3 atom stereocenters. The Balaban J connectivity index is 1.64. The third-order valence-electron chi connectivity index (χ3n) is 5.03. The summed E-state index contributed by atoms with van der Waals surface area (Å²) in [5, 5.41) is 3.78. The summed E-state index contributed by atoms with van der Waals surface area (Å²) in [4.78, 5) is 2.34. The van der Waals surface area contributed by atoms with Crippen LogP contribution in [-0.2, 0) is 0 Å². The topological polar surface area (TPSA) is 15.3 Å². The number of benzene rings is 2. The van der Waals surface area contributed by atoms with Gasteiger partial charge in [0, 0.05) is 35.8 Å². The van der Waals surface area contributed by atoms with Crippen molar-refractivity contribution in [2.24, 2.45) is 0 Å². The molecule has 0 aliphatic heterocycles. The third kappa shape index (κ3) is 3.61. The Morgan fingerprint density at radius 2 is 1.91 bits per heavy atom. The molecule has 122 valence electrons. The van der Waals surface area contributed by atoms with E-state index in [0.717, 1.165) is 6.54 Å². The lowest BCUT2D eigenvalue weighted by Gasteiger charge is -2.28. The van der Waals surface area contributed by atoms with E-state index in [4.69, 9.17) is 0 Å². The van der Waals surface area contributed by atoms with Crippen molar-refractivity contribution in [1.29, 1.82) is 0 Å². The number of halogens is 1. The number of hydrogen-bond donors (Lipinski definition) is 1. The Morgan fingerprint density at radius 1 is 1.17 bits per heavy atom. The molecule has 2 nitrogen and oxygen atoms in total. The molecule has 23 heavy (non-hydrogen) atoms. The Morgan fingerprint density at radius 3 is 2.65 bits per heavy atom. The molecule has 0 spiro atoms. The molecular weight excluding hydrogens is 348 g/mol. The average molecular weight is 373 g/mol. The van der Waals surface area contributed by atoms with Crippen LogP contribution in [-0.4, -0.2) is 19.6 Å². The Kier molecular flexibility index (Phi) is 5.08. The van der Waals surface area contributed by atoms with Gasteiger partial charge in [0.25, 0.3) is 0 Å². The summed E-state index contributed by atoms with van der Waals surface area (Å²) in [5.74, 6) is 0.637. The molecule has 2 aromatic carbocycles. The van der Waals surface area contributed by atoms with Crippen molar-refractivity contribution in [3.8, 4) is 0 Å². The zero-order chi connectivity index (χ0) is 16.4. The van der Waals surface area contributed by atoms with Crippen molar-refractivity contribution in [2.75, 3.05) is 18.5 Å². The molecule has 0 bridgehead atoms. The van der Waals surface area contributed by atoms with E-state index in [1.807, 2.05) is 0 Å². The summed E-state index contributed by atoms with van der Waals surface area (Å²) in [7, 11) is 2.17. The van der Waals surface area contributed by atoms with Gasteiger partial charge in [0.2, 0.25) is 0 Å². The molecule has 3 unspecified atom stereocenters. The Hall–Kier alpha value is -1.32. The van der Waals surface area contributed by atoms with E-state index in [-0.39, 0.29) is 0 Å². The molecule has 3 heteroatoms. The number of para-hydroxylation sites is 1. The molecule has 1 aliphatic rings. The molecule has 1 N–H and O–H groups in total. The minimum atomic E-state index is 0.448. The van der Waals surface area contributed by atoms with Gasteiger partial charge >= 0.3 is 0 Å². The number of nitrogens with zero attached hydrogens (tertiary/aromatic N) is 1. The van der Waals surface area contributed by atoms with Crippen LogP contribution in [0.2, 0.25) is 0 Å². The molecule has 3 rings (SSSR count). The van der Waals surface area contributed by atoms with Crippen molar-refractivity contribution in [2.45, 2.75) is 38.3 Å². The number of anilines is 1. The molecule has 2 aromatic rings. The van der Waals surface area contributed by atoms with Crippen LogP contribution >= 0.6 is 15.9 Å². The fraction of sp³-hybridized carbons (Fsp3) is 0.400. The summed E-state index contributed by atoms with van der Waals surface area (Å²) in [6.45, 7) is 5.59. The molecule has 0 fully saturated rings. The molecule has 1 aliphatic carbocycles. The molecule has 0 heterocycles. The highest BCUT2D eigenvalue weighted by Crippen LogP contribution is 2.41. The van der Waals surface area contributed by atoms with Gasteiger partial charge in [-0.15, -0.1) is 0 Å². The summed E-state index contributed by atoms with van der Waals surface area (Å²) in [5.41, 5.74) is 4.22. The number of likely N-dealkylation sites (N-methyl/N-ethyl adjacent to an activating group) is 1. The highest BCUT2D eigenvalue weighted by atomic mass is 79.9. The van der Waals surface area contributed by atoms with Gasteiger partial charge in [-0.05, 0) is 54.7 Å². The van der Waals surface area contributed by atoms with E-state index in [1.165, 1.54) is 27.7 Å². The fourth-order valence-corrected chi connectivity index (χ4v) is 3.84. The minimum Gasteiger partial charge on any atom is -0.371 e. The minimum absolute atomic E-state index is 0.448. The van der Waals surface area contributed by atoms with Crippen molar-refractivity contribution in [3.05, 3.63) is 64.1 Å². The summed E-state index contributed by atoms with van der Waals surface area (Å²) in [6.07, 6.45) is 1.19. The predicted molar refractivity (Wildman–Crippen MR) is 102 cm³/mol. The second-order valence-electron chi connectivity index (χ2n) is 6.67. The number of rotatable bonds is 5. The van der Waals surface area contributed by atoms with E-state index in [9.17, 15) is 0 Å². The van der Waals surface area contributed by atoms with E-state index >= 15 is 0 Å². The van der Waals surface area contributed by atoms with Crippen molar-refractivity contribution in [3.63, 3.8) is 0 Å². The van der Waals surface area contributed by atoms with Crippen LogP contribution in [0.4, 0.5) is 5.69 Å². The molecule has 0 radical (unpaired) electrons. The first-order valence-corrected chi connectivity index (χ1v) is 9.16. The first-order chi connectivity index (χ1) is 11.1. The lowest BCUT2D eigenvalue weighted by molar-refractivity contribution is 0.477. The van der Waals surface area contributed by atoms with Gasteiger partial charge < -0.3 is 10.2 Å². The smallest absolute Gasteiger partial charge is 0.0383 e.